The first-order valence-corrected chi connectivity index (χ1v) is 6.75. The highest BCUT2D eigenvalue weighted by molar-refractivity contribution is 7.98. The van der Waals surface area contributed by atoms with Crippen LogP contribution >= 0.6 is 23.5 Å². The maximum absolute atomic E-state index is 13.0. The quantitative estimate of drug-likeness (QED) is 0.546. The van der Waals surface area contributed by atoms with Crippen LogP contribution in [0.4, 0.5) is 13.2 Å². The molecule has 0 amide bonds. The summed E-state index contributed by atoms with van der Waals surface area (Å²) in [7, 11) is 0. The molecular weight excluding hydrogens is 307 g/mol. The predicted molar refractivity (Wildman–Crippen MR) is 76.3 cm³/mol. The van der Waals surface area contributed by atoms with Gasteiger partial charge in [0.15, 0.2) is 5.71 Å². The van der Waals surface area contributed by atoms with E-state index in [1.54, 1.807) is 42.5 Å². The first-order chi connectivity index (χ1) is 9.47. The van der Waals surface area contributed by atoms with Gasteiger partial charge in [-0.15, -0.1) is 0 Å². The topological polar surface area (TPSA) is 12.4 Å². The normalized spacial score (nSPS) is 12.5. The Morgan fingerprint density at radius 2 is 1.55 bits per heavy atom. The number of halogens is 4. The van der Waals surface area contributed by atoms with Crippen molar-refractivity contribution in [3.8, 4) is 0 Å². The molecule has 0 spiro atoms. The number of alkyl halides is 3. The van der Waals surface area contributed by atoms with Crippen LogP contribution in [0.15, 0.2) is 63.9 Å². The third-order valence-corrected chi connectivity index (χ3v) is 3.38. The van der Waals surface area contributed by atoms with Crippen molar-refractivity contribution >= 4 is 29.3 Å². The molecule has 1 nitrogen and oxygen atoms in total. The minimum Gasteiger partial charge on any atom is -0.206 e. The molecular formula is C14H9ClF3NS. The van der Waals surface area contributed by atoms with Gasteiger partial charge in [0.1, 0.15) is 0 Å². The lowest BCUT2D eigenvalue weighted by Gasteiger charge is -2.10. The van der Waals surface area contributed by atoms with Crippen molar-refractivity contribution in [2.24, 2.45) is 4.40 Å². The van der Waals surface area contributed by atoms with Crippen LogP contribution in [0, 0.1) is 0 Å². The number of hydrogen-bond acceptors (Lipinski definition) is 2. The lowest BCUT2D eigenvalue weighted by molar-refractivity contribution is -0.0578. The van der Waals surface area contributed by atoms with E-state index in [0.29, 0.717) is 9.92 Å². The van der Waals surface area contributed by atoms with Gasteiger partial charge in [-0.05, 0) is 24.3 Å². The maximum atomic E-state index is 13.0. The monoisotopic (exact) mass is 315 g/mol. The molecule has 2 rings (SSSR count). The van der Waals surface area contributed by atoms with E-state index in [-0.39, 0.29) is 5.56 Å². The summed E-state index contributed by atoms with van der Waals surface area (Å²) in [6.07, 6.45) is -4.50. The molecule has 0 bridgehead atoms. The Morgan fingerprint density at radius 1 is 0.950 bits per heavy atom. The van der Waals surface area contributed by atoms with E-state index in [9.17, 15) is 13.2 Å². The van der Waals surface area contributed by atoms with Crippen molar-refractivity contribution < 1.29 is 13.2 Å². The van der Waals surface area contributed by atoms with Gasteiger partial charge >= 0.3 is 6.18 Å². The standard InChI is InChI=1S/C14H9ClF3NS/c15-11-6-8-12(9-7-11)20-19-13(14(16,17)18)10-4-2-1-3-5-10/h1-9H/b19-13+. The smallest absolute Gasteiger partial charge is 0.206 e. The first-order valence-electron chi connectivity index (χ1n) is 5.60. The molecule has 0 aliphatic rings. The van der Waals surface area contributed by atoms with Crippen LogP contribution in [-0.4, -0.2) is 11.9 Å². The van der Waals surface area contributed by atoms with Crippen molar-refractivity contribution in [3.63, 3.8) is 0 Å². The zero-order valence-electron chi connectivity index (χ0n) is 10.1. The van der Waals surface area contributed by atoms with Gasteiger partial charge in [-0.3, -0.25) is 0 Å². The highest BCUT2D eigenvalue weighted by atomic mass is 35.5. The molecule has 0 atom stereocenters. The summed E-state index contributed by atoms with van der Waals surface area (Å²) in [6.45, 7) is 0. The zero-order chi connectivity index (χ0) is 14.6. The number of hydrogen-bond donors (Lipinski definition) is 0. The fourth-order valence-corrected chi connectivity index (χ4v) is 2.25. The Kier molecular flexibility index (Phi) is 4.73. The average molecular weight is 316 g/mol. The summed E-state index contributed by atoms with van der Waals surface area (Å²) >= 11 is 6.49. The van der Waals surface area contributed by atoms with Crippen molar-refractivity contribution in [1.29, 1.82) is 0 Å². The van der Waals surface area contributed by atoms with Crippen molar-refractivity contribution in [3.05, 3.63) is 65.2 Å². The lowest BCUT2D eigenvalue weighted by Crippen LogP contribution is -2.23. The van der Waals surface area contributed by atoms with Crippen LogP contribution < -0.4 is 0 Å². The summed E-state index contributed by atoms with van der Waals surface area (Å²) in [5.74, 6) is 0. The van der Waals surface area contributed by atoms with E-state index in [0.717, 1.165) is 11.9 Å². The van der Waals surface area contributed by atoms with Crippen LogP contribution in [0.3, 0.4) is 0 Å². The molecule has 0 aliphatic heterocycles. The van der Waals surface area contributed by atoms with Crippen LogP contribution in [0.5, 0.6) is 0 Å². The van der Waals surface area contributed by atoms with Gasteiger partial charge < -0.3 is 0 Å². The summed E-state index contributed by atoms with van der Waals surface area (Å²) in [6, 6.07) is 14.0. The first kappa shape index (κ1) is 14.9. The summed E-state index contributed by atoms with van der Waals surface area (Å²) in [4.78, 5) is 0.590. The SMILES string of the molecule is FC(F)(F)/C(=N/Sc1ccc(Cl)cc1)c1ccccc1. The molecule has 0 saturated carbocycles. The third-order valence-electron chi connectivity index (χ3n) is 2.37. The second kappa shape index (κ2) is 6.33. The number of benzene rings is 2. The van der Waals surface area contributed by atoms with E-state index < -0.39 is 11.9 Å². The minimum absolute atomic E-state index is 0.0430. The third kappa shape index (κ3) is 4.02. The molecule has 0 saturated heterocycles. The van der Waals surface area contributed by atoms with Crippen molar-refractivity contribution in [2.45, 2.75) is 11.1 Å². The van der Waals surface area contributed by atoms with E-state index >= 15 is 0 Å². The molecule has 0 heterocycles. The van der Waals surface area contributed by atoms with E-state index in [1.807, 2.05) is 0 Å². The largest absolute Gasteiger partial charge is 0.434 e. The second-order valence-electron chi connectivity index (χ2n) is 3.85. The second-order valence-corrected chi connectivity index (χ2v) is 5.12. The number of nitrogens with zero attached hydrogens (tertiary/aromatic N) is 1. The molecule has 0 unspecified atom stereocenters. The molecule has 6 heteroatoms. The Bertz CT molecular complexity index is 594. The van der Waals surface area contributed by atoms with Crippen molar-refractivity contribution in [1.82, 2.24) is 0 Å². The Balaban J connectivity index is 2.28. The highest BCUT2D eigenvalue weighted by Gasteiger charge is 2.36. The van der Waals surface area contributed by atoms with Gasteiger partial charge in [-0.1, -0.05) is 41.9 Å². The fourth-order valence-electron chi connectivity index (χ4n) is 1.46. The Hall–Kier alpha value is -1.46. The van der Waals surface area contributed by atoms with Gasteiger partial charge in [0.25, 0.3) is 0 Å². The molecule has 0 aromatic heterocycles. The molecule has 0 aliphatic carbocycles. The maximum Gasteiger partial charge on any atom is 0.434 e. The Morgan fingerprint density at radius 3 is 2.10 bits per heavy atom. The summed E-state index contributed by atoms with van der Waals surface area (Å²) < 4.78 is 42.7. The summed E-state index contributed by atoms with van der Waals surface area (Å²) in [5, 5.41) is 0.525. The fraction of sp³-hybridized carbons (Fsp3) is 0.0714. The van der Waals surface area contributed by atoms with Crippen LogP contribution in [-0.2, 0) is 0 Å². The average Bonchev–Trinajstić information content (AvgIpc) is 2.41. The minimum atomic E-state index is -4.50. The lowest BCUT2D eigenvalue weighted by atomic mass is 10.1. The Labute approximate surface area is 123 Å². The van der Waals surface area contributed by atoms with E-state index in [4.69, 9.17) is 11.6 Å². The molecule has 0 radical (unpaired) electrons. The van der Waals surface area contributed by atoms with Gasteiger partial charge in [-0.2, -0.15) is 13.2 Å². The van der Waals surface area contributed by atoms with Gasteiger partial charge in [0.05, 0.1) is 0 Å². The molecule has 2 aromatic rings. The number of rotatable bonds is 3. The zero-order valence-corrected chi connectivity index (χ0v) is 11.6. The molecule has 2 aromatic carbocycles. The predicted octanol–water partition coefficient (Wildman–Crippen LogP) is 5.40. The van der Waals surface area contributed by atoms with E-state index in [1.165, 1.54) is 12.1 Å². The van der Waals surface area contributed by atoms with Crippen molar-refractivity contribution in [2.75, 3.05) is 0 Å². The highest BCUT2D eigenvalue weighted by Crippen LogP contribution is 2.28. The molecule has 0 N–H and O–H groups in total. The summed E-state index contributed by atoms with van der Waals surface area (Å²) in [5.41, 5.74) is -0.862. The van der Waals surface area contributed by atoms with Gasteiger partial charge in [-0.25, -0.2) is 4.40 Å². The molecule has 104 valence electrons. The van der Waals surface area contributed by atoms with Gasteiger partial charge in [0, 0.05) is 27.4 Å². The molecule has 20 heavy (non-hydrogen) atoms. The van der Waals surface area contributed by atoms with Crippen LogP contribution in [0.25, 0.3) is 0 Å². The van der Waals surface area contributed by atoms with E-state index in [2.05, 4.69) is 4.40 Å². The van der Waals surface area contributed by atoms with Crippen LogP contribution in [0.2, 0.25) is 5.02 Å². The molecule has 0 fully saturated rings. The van der Waals surface area contributed by atoms with Crippen LogP contribution in [0.1, 0.15) is 5.56 Å². The van der Waals surface area contributed by atoms with Gasteiger partial charge in [0.2, 0.25) is 0 Å².